The molecule has 3 amide bonds. The van der Waals surface area contributed by atoms with Gasteiger partial charge < -0.3 is 16.0 Å². The Bertz CT molecular complexity index is 779. The summed E-state index contributed by atoms with van der Waals surface area (Å²) in [5.41, 5.74) is 1.32. The van der Waals surface area contributed by atoms with Gasteiger partial charge >= 0.3 is 6.03 Å². The molecule has 3 N–H and O–H groups in total. The molecular formula is C19H20FN3O2S. The van der Waals surface area contributed by atoms with Gasteiger partial charge in [0.15, 0.2) is 0 Å². The molecule has 26 heavy (non-hydrogen) atoms. The topological polar surface area (TPSA) is 70.2 Å². The van der Waals surface area contributed by atoms with Crippen molar-refractivity contribution in [1.29, 1.82) is 0 Å². The number of halogens is 1. The minimum absolute atomic E-state index is 0.138. The van der Waals surface area contributed by atoms with Gasteiger partial charge in [-0.05, 0) is 49.2 Å². The highest BCUT2D eigenvalue weighted by atomic mass is 32.2. The van der Waals surface area contributed by atoms with Crippen LogP contribution in [0.15, 0.2) is 53.4 Å². The first-order valence-electron chi connectivity index (χ1n) is 8.45. The van der Waals surface area contributed by atoms with Crippen LogP contribution < -0.4 is 16.0 Å². The lowest BCUT2D eigenvalue weighted by Crippen LogP contribution is -2.30. The van der Waals surface area contributed by atoms with Crippen LogP contribution in [0.5, 0.6) is 0 Å². The zero-order valence-corrected chi connectivity index (χ0v) is 14.9. The minimum Gasteiger partial charge on any atom is -0.335 e. The maximum absolute atomic E-state index is 13.5. The van der Waals surface area contributed by atoms with Gasteiger partial charge in [0.1, 0.15) is 5.82 Å². The largest absolute Gasteiger partial charge is 0.335 e. The molecule has 0 unspecified atom stereocenters. The van der Waals surface area contributed by atoms with Crippen molar-refractivity contribution in [2.75, 3.05) is 16.4 Å². The van der Waals surface area contributed by atoms with Gasteiger partial charge in [0.2, 0.25) is 5.91 Å². The van der Waals surface area contributed by atoms with Crippen molar-refractivity contribution in [2.45, 2.75) is 30.2 Å². The van der Waals surface area contributed by atoms with Gasteiger partial charge in [0.05, 0.1) is 0 Å². The summed E-state index contributed by atoms with van der Waals surface area (Å²) in [7, 11) is 0. The van der Waals surface area contributed by atoms with E-state index < -0.39 is 0 Å². The third-order valence-corrected chi connectivity index (χ3v) is 4.81. The highest BCUT2D eigenvalue weighted by Gasteiger charge is 2.23. The summed E-state index contributed by atoms with van der Waals surface area (Å²) in [5, 5.41) is 8.38. The van der Waals surface area contributed by atoms with Crippen molar-refractivity contribution < 1.29 is 14.0 Å². The highest BCUT2D eigenvalue weighted by Crippen LogP contribution is 2.22. The highest BCUT2D eigenvalue weighted by molar-refractivity contribution is 7.99. The van der Waals surface area contributed by atoms with Gasteiger partial charge in [-0.15, -0.1) is 11.8 Å². The number of carbonyl (C=O) groups excluding carboxylic acids is 2. The average molecular weight is 373 g/mol. The Morgan fingerprint density at radius 1 is 1.00 bits per heavy atom. The van der Waals surface area contributed by atoms with E-state index in [1.807, 2.05) is 0 Å². The monoisotopic (exact) mass is 373 g/mol. The molecule has 7 heteroatoms. The van der Waals surface area contributed by atoms with E-state index in [1.54, 1.807) is 42.5 Å². The lowest BCUT2D eigenvalue weighted by atomic mass is 10.2. The number of anilines is 2. The van der Waals surface area contributed by atoms with E-state index in [0.29, 0.717) is 28.1 Å². The molecule has 1 saturated carbocycles. The number of carbonyl (C=O) groups is 2. The fourth-order valence-corrected chi connectivity index (χ4v) is 3.14. The molecule has 0 saturated heterocycles. The number of hydrogen-bond donors (Lipinski definition) is 3. The maximum Gasteiger partial charge on any atom is 0.319 e. The van der Waals surface area contributed by atoms with E-state index in [2.05, 4.69) is 16.0 Å². The van der Waals surface area contributed by atoms with E-state index in [-0.39, 0.29) is 24.2 Å². The van der Waals surface area contributed by atoms with Crippen molar-refractivity contribution >= 4 is 35.1 Å². The molecule has 1 fully saturated rings. The summed E-state index contributed by atoms with van der Waals surface area (Å²) in [6.07, 6.45) is 2.35. The Hall–Kier alpha value is -2.54. The van der Waals surface area contributed by atoms with Crippen molar-refractivity contribution in [2.24, 2.45) is 0 Å². The van der Waals surface area contributed by atoms with Crippen molar-refractivity contribution in [3.8, 4) is 0 Å². The maximum atomic E-state index is 13.5. The Labute approximate surface area is 155 Å². The Morgan fingerprint density at radius 3 is 2.31 bits per heavy atom. The number of urea groups is 1. The van der Waals surface area contributed by atoms with E-state index in [0.717, 1.165) is 12.8 Å². The quantitative estimate of drug-likeness (QED) is 0.636. The van der Waals surface area contributed by atoms with E-state index >= 15 is 0 Å². The van der Waals surface area contributed by atoms with Crippen LogP contribution in [0.4, 0.5) is 20.6 Å². The van der Waals surface area contributed by atoms with Gasteiger partial charge in [-0.3, -0.25) is 4.79 Å². The summed E-state index contributed by atoms with van der Waals surface area (Å²) in [6.45, 7) is 0. The molecule has 0 aromatic heterocycles. The molecule has 0 heterocycles. The zero-order chi connectivity index (χ0) is 18.4. The van der Waals surface area contributed by atoms with Crippen LogP contribution in [-0.2, 0) is 4.79 Å². The van der Waals surface area contributed by atoms with E-state index in [4.69, 9.17) is 0 Å². The summed E-state index contributed by atoms with van der Waals surface area (Å²) in [5.74, 6) is 0.0843. The molecule has 136 valence electrons. The second-order valence-corrected chi connectivity index (χ2v) is 7.16. The Morgan fingerprint density at radius 2 is 1.65 bits per heavy atom. The Balaban J connectivity index is 1.41. The lowest BCUT2D eigenvalue weighted by Gasteiger charge is -2.09. The summed E-state index contributed by atoms with van der Waals surface area (Å²) < 4.78 is 13.5. The van der Waals surface area contributed by atoms with Crippen LogP contribution in [0.1, 0.15) is 19.3 Å². The van der Waals surface area contributed by atoms with Crippen molar-refractivity contribution in [1.82, 2.24) is 5.32 Å². The summed E-state index contributed by atoms with van der Waals surface area (Å²) in [6, 6.07) is 13.5. The Kier molecular flexibility index (Phi) is 6.12. The first-order chi connectivity index (χ1) is 12.6. The van der Waals surface area contributed by atoms with Crippen LogP contribution in [0.2, 0.25) is 0 Å². The predicted molar refractivity (Wildman–Crippen MR) is 102 cm³/mol. The van der Waals surface area contributed by atoms with Crippen LogP contribution in [-0.4, -0.2) is 23.7 Å². The molecule has 0 spiro atoms. The zero-order valence-electron chi connectivity index (χ0n) is 14.1. The number of hydrogen-bond acceptors (Lipinski definition) is 3. The molecular weight excluding hydrogens is 353 g/mol. The van der Waals surface area contributed by atoms with Gasteiger partial charge in [-0.2, -0.15) is 0 Å². The molecule has 3 rings (SSSR count). The van der Waals surface area contributed by atoms with Crippen molar-refractivity contribution in [3.05, 3.63) is 54.3 Å². The molecule has 5 nitrogen and oxygen atoms in total. The molecule has 0 radical (unpaired) electrons. The third kappa shape index (κ3) is 5.77. The second kappa shape index (κ2) is 8.71. The molecule has 1 aliphatic carbocycles. The van der Waals surface area contributed by atoms with Gasteiger partial charge in [0.25, 0.3) is 0 Å². The number of nitrogens with one attached hydrogen (secondary N) is 3. The second-order valence-electron chi connectivity index (χ2n) is 6.03. The van der Waals surface area contributed by atoms with Crippen LogP contribution >= 0.6 is 11.8 Å². The smallest absolute Gasteiger partial charge is 0.319 e. The summed E-state index contributed by atoms with van der Waals surface area (Å²) >= 11 is 1.31. The molecule has 0 bridgehead atoms. The molecule has 0 atom stereocenters. The normalized spacial score (nSPS) is 13.1. The average Bonchev–Trinajstić information content (AvgIpc) is 3.42. The fourth-order valence-electron chi connectivity index (χ4n) is 2.26. The molecule has 2 aromatic carbocycles. The molecule has 1 aliphatic rings. The fraction of sp³-hybridized carbons (Fsp3) is 0.263. The van der Waals surface area contributed by atoms with E-state index in [1.165, 1.54) is 17.8 Å². The lowest BCUT2D eigenvalue weighted by molar-refractivity contribution is -0.115. The first kappa shape index (κ1) is 18.3. The number of thioether (sulfide) groups is 1. The predicted octanol–water partition coefficient (Wildman–Crippen LogP) is 4.23. The first-order valence-corrected chi connectivity index (χ1v) is 9.43. The summed E-state index contributed by atoms with van der Waals surface area (Å²) in [4.78, 5) is 24.2. The number of rotatable bonds is 7. The van der Waals surface area contributed by atoms with E-state index in [9.17, 15) is 14.0 Å². The minimum atomic E-state index is -0.272. The van der Waals surface area contributed by atoms with Gasteiger partial charge in [-0.25, -0.2) is 9.18 Å². The standard InChI is InChI=1S/C19H20FN3O2S/c20-16-3-1-2-4-17(16)26-12-11-18(24)21-13-5-7-14(8-6-13)22-19(25)23-15-9-10-15/h1-8,15H,9-12H2,(H,21,24)(H2,22,23,25). The molecule has 0 aliphatic heterocycles. The number of amides is 3. The van der Waals surface area contributed by atoms with Gasteiger partial charge in [-0.1, -0.05) is 12.1 Å². The third-order valence-electron chi connectivity index (χ3n) is 3.76. The van der Waals surface area contributed by atoms with Crippen molar-refractivity contribution in [3.63, 3.8) is 0 Å². The SMILES string of the molecule is O=C(CCSc1ccccc1F)Nc1ccc(NC(=O)NC2CC2)cc1. The van der Waals surface area contributed by atoms with Crippen LogP contribution in [0.25, 0.3) is 0 Å². The molecule has 2 aromatic rings. The number of benzene rings is 2. The van der Waals surface area contributed by atoms with Crippen LogP contribution in [0, 0.1) is 5.82 Å². The van der Waals surface area contributed by atoms with Crippen LogP contribution in [0.3, 0.4) is 0 Å². The van der Waals surface area contributed by atoms with Gasteiger partial charge in [0, 0.05) is 34.5 Å².